The molecule has 0 saturated heterocycles. The molecule has 0 radical (unpaired) electrons. The predicted octanol–water partition coefficient (Wildman–Crippen LogP) is 2.13. The Labute approximate surface area is 176 Å². The van der Waals surface area contributed by atoms with E-state index >= 15 is 0 Å². The van der Waals surface area contributed by atoms with Crippen molar-refractivity contribution >= 4 is 22.8 Å². The van der Waals surface area contributed by atoms with Crippen LogP contribution in [-0.2, 0) is 17.9 Å². The first-order valence-electron chi connectivity index (χ1n) is 9.42. The van der Waals surface area contributed by atoms with E-state index in [0.717, 1.165) is 10.1 Å². The van der Waals surface area contributed by atoms with Crippen LogP contribution in [0, 0.1) is 12.7 Å². The fraction of sp³-hybridized carbons (Fsp3) is 0.190. The Kier molecular flexibility index (Phi) is 5.44. The quantitative estimate of drug-likeness (QED) is 0.511. The largest absolute Gasteiger partial charge is 0.497 e. The number of anilines is 1. The van der Waals surface area contributed by atoms with Crippen LogP contribution in [0.25, 0.3) is 11.2 Å². The van der Waals surface area contributed by atoms with Gasteiger partial charge < -0.3 is 10.1 Å². The Balaban J connectivity index is 1.53. The predicted molar refractivity (Wildman–Crippen MR) is 111 cm³/mol. The molecule has 4 rings (SSSR count). The van der Waals surface area contributed by atoms with Gasteiger partial charge in [-0.05, 0) is 42.3 Å². The van der Waals surface area contributed by atoms with E-state index < -0.39 is 17.3 Å². The average molecular weight is 422 g/mol. The van der Waals surface area contributed by atoms with Crippen LogP contribution in [0.5, 0.6) is 5.75 Å². The molecule has 0 unspecified atom stereocenters. The number of benzene rings is 2. The summed E-state index contributed by atoms with van der Waals surface area (Å²) in [6.07, 6.45) is 1.27. The van der Waals surface area contributed by atoms with Gasteiger partial charge in [0, 0.05) is 5.69 Å². The van der Waals surface area contributed by atoms with Crippen molar-refractivity contribution in [1.29, 1.82) is 0 Å². The van der Waals surface area contributed by atoms with Gasteiger partial charge in [0.1, 0.15) is 24.4 Å². The summed E-state index contributed by atoms with van der Waals surface area (Å²) in [5, 5.41) is 10.5. The fourth-order valence-electron chi connectivity index (χ4n) is 3.08. The van der Waals surface area contributed by atoms with Crippen molar-refractivity contribution in [3.05, 3.63) is 76.1 Å². The number of fused-ring (bicyclic) bond motifs is 1. The zero-order valence-corrected chi connectivity index (χ0v) is 16.9. The first-order chi connectivity index (χ1) is 14.9. The van der Waals surface area contributed by atoms with Crippen molar-refractivity contribution in [3.63, 3.8) is 0 Å². The van der Waals surface area contributed by atoms with Gasteiger partial charge in [0.25, 0.3) is 5.56 Å². The van der Waals surface area contributed by atoms with Crippen molar-refractivity contribution in [2.24, 2.45) is 0 Å². The van der Waals surface area contributed by atoms with Gasteiger partial charge in [-0.2, -0.15) is 0 Å². The standard InChI is InChI=1S/C21H19FN6O3/c1-13-6-7-15(9-17(13)22)24-18(29)11-27-12-23-20-19(21(27)30)25-26-28(20)10-14-4-3-5-16(8-14)31-2/h3-9,12H,10-11H2,1-2H3,(H,24,29). The van der Waals surface area contributed by atoms with Crippen molar-refractivity contribution in [2.75, 3.05) is 12.4 Å². The summed E-state index contributed by atoms with van der Waals surface area (Å²) in [7, 11) is 1.58. The minimum atomic E-state index is -0.493. The maximum Gasteiger partial charge on any atom is 0.283 e. The Morgan fingerprint density at radius 2 is 2.06 bits per heavy atom. The minimum absolute atomic E-state index is 0.0552. The number of rotatable bonds is 6. The number of hydrogen-bond acceptors (Lipinski definition) is 6. The summed E-state index contributed by atoms with van der Waals surface area (Å²) in [5.41, 5.74) is 1.55. The van der Waals surface area contributed by atoms with Crippen LogP contribution in [0.3, 0.4) is 0 Å². The van der Waals surface area contributed by atoms with Crippen molar-refractivity contribution in [3.8, 4) is 5.75 Å². The van der Waals surface area contributed by atoms with Gasteiger partial charge in [0.15, 0.2) is 11.2 Å². The molecule has 4 aromatic rings. The molecule has 1 N–H and O–H groups in total. The summed E-state index contributed by atoms with van der Waals surface area (Å²) < 4.78 is 21.5. The number of carbonyl (C=O) groups is 1. The SMILES string of the molecule is COc1cccc(Cn2nnc3c(=O)n(CC(=O)Nc4ccc(C)c(F)c4)cnc32)c1. The second-order valence-corrected chi connectivity index (χ2v) is 6.96. The highest BCUT2D eigenvalue weighted by Crippen LogP contribution is 2.15. The molecule has 0 spiro atoms. The molecule has 0 saturated carbocycles. The smallest absolute Gasteiger partial charge is 0.283 e. The zero-order chi connectivity index (χ0) is 22.0. The normalized spacial score (nSPS) is 10.9. The molecule has 0 bridgehead atoms. The number of aromatic nitrogens is 5. The van der Waals surface area contributed by atoms with Crippen LogP contribution in [0.4, 0.5) is 10.1 Å². The number of methoxy groups -OCH3 is 1. The van der Waals surface area contributed by atoms with Crippen LogP contribution in [-0.4, -0.2) is 37.6 Å². The highest BCUT2D eigenvalue weighted by atomic mass is 19.1. The molecule has 0 atom stereocenters. The highest BCUT2D eigenvalue weighted by molar-refractivity contribution is 5.90. The van der Waals surface area contributed by atoms with Crippen LogP contribution in [0.15, 0.2) is 53.6 Å². The van der Waals surface area contributed by atoms with E-state index in [4.69, 9.17) is 4.74 Å². The first-order valence-corrected chi connectivity index (χ1v) is 9.42. The second-order valence-electron chi connectivity index (χ2n) is 6.96. The van der Waals surface area contributed by atoms with Crippen LogP contribution >= 0.6 is 0 Å². The molecule has 0 aliphatic carbocycles. The van der Waals surface area contributed by atoms with Crippen molar-refractivity contribution in [1.82, 2.24) is 24.5 Å². The van der Waals surface area contributed by atoms with Crippen LogP contribution in [0.2, 0.25) is 0 Å². The Morgan fingerprint density at radius 3 is 2.84 bits per heavy atom. The van der Waals surface area contributed by atoms with E-state index in [1.165, 1.54) is 17.1 Å². The number of aryl methyl sites for hydroxylation is 1. The lowest BCUT2D eigenvalue weighted by atomic mass is 10.2. The summed E-state index contributed by atoms with van der Waals surface area (Å²) in [4.78, 5) is 29.3. The van der Waals surface area contributed by atoms with Crippen molar-refractivity contribution in [2.45, 2.75) is 20.0 Å². The van der Waals surface area contributed by atoms with E-state index in [2.05, 4.69) is 20.6 Å². The van der Waals surface area contributed by atoms with E-state index in [-0.39, 0.29) is 12.1 Å². The van der Waals surface area contributed by atoms with Crippen molar-refractivity contribution < 1.29 is 13.9 Å². The van der Waals surface area contributed by atoms with Gasteiger partial charge in [-0.3, -0.25) is 14.2 Å². The average Bonchev–Trinajstić information content (AvgIpc) is 3.16. The van der Waals surface area contributed by atoms with Gasteiger partial charge in [-0.25, -0.2) is 14.1 Å². The summed E-state index contributed by atoms with van der Waals surface area (Å²) in [6, 6.07) is 11.8. The monoisotopic (exact) mass is 422 g/mol. The van der Waals surface area contributed by atoms with E-state index in [1.807, 2.05) is 24.3 Å². The molecule has 10 heteroatoms. The third-order valence-electron chi connectivity index (χ3n) is 4.73. The molecule has 31 heavy (non-hydrogen) atoms. The third kappa shape index (κ3) is 4.27. The fourth-order valence-corrected chi connectivity index (χ4v) is 3.08. The maximum atomic E-state index is 13.7. The molecular weight excluding hydrogens is 403 g/mol. The molecule has 2 aromatic heterocycles. The summed E-state index contributed by atoms with van der Waals surface area (Å²) >= 11 is 0. The van der Waals surface area contributed by atoms with Crippen LogP contribution < -0.4 is 15.6 Å². The van der Waals surface area contributed by atoms with Gasteiger partial charge >= 0.3 is 0 Å². The number of hydrogen-bond donors (Lipinski definition) is 1. The molecule has 0 aliphatic heterocycles. The van der Waals surface area contributed by atoms with E-state index in [9.17, 15) is 14.0 Å². The van der Waals surface area contributed by atoms with Gasteiger partial charge in [0.05, 0.1) is 13.7 Å². The number of ether oxygens (including phenoxy) is 1. The van der Waals surface area contributed by atoms with Gasteiger partial charge in [-0.15, -0.1) is 5.10 Å². The lowest BCUT2D eigenvalue weighted by Crippen LogP contribution is -2.28. The molecule has 9 nitrogen and oxygen atoms in total. The van der Waals surface area contributed by atoms with E-state index in [1.54, 1.807) is 26.2 Å². The minimum Gasteiger partial charge on any atom is -0.497 e. The third-order valence-corrected chi connectivity index (χ3v) is 4.73. The molecular formula is C21H19FN6O3. The molecule has 158 valence electrons. The molecule has 2 aromatic carbocycles. The number of nitrogens with one attached hydrogen (secondary N) is 1. The summed E-state index contributed by atoms with van der Waals surface area (Å²) in [5.74, 6) is -0.210. The number of nitrogens with zero attached hydrogens (tertiary/aromatic N) is 5. The number of carbonyl (C=O) groups excluding carboxylic acids is 1. The molecule has 0 aliphatic rings. The Morgan fingerprint density at radius 1 is 1.23 bits per heavy atom. The summed E-state index contributed by atoms with van der Waals surface area (Å²) in [6.45, 7) is 1.69. The Bertz CT molecular complexity index is 1330. The number of halogens is 1. The Hall–Kier alpha value is -4.08. The topological polar surface area (TPSA) is 104 Å². The lowest BCUT2D eigenvalue weighted by Gasteiger charge is -2.08. The lowest BCUT2D eigenvalue weighted by molar-refractivity contribution is -0.116. The molecule has 0 fully saturated rings. The van der Waals surface area contributed by atoms with Gasteiger partial charge in [0.2, 0.25) is 5.91 Å². The van der Waals surface area contributed by atoms with Crippen LogP contribution in [0.1, 0.15) is 11.1 Å². The number of amides is 1. The molecule has 2 heterocycles. The second kappa shape index (κ2) is 8.34. The highest BCUT2D eigenvalue weighted by Gasteiger charge is 2.14. The van der Waals surface area contributed by atoms with E-state index in [0.29, 0.717) is 29.2 Å². The zero-order valence-electron chi connectivity index (χ0n) is 16.9. The molecule has 1 amide bonds. The first kappa shape index (κ1) is 20.2. The maximum absolute atomic E-state index is 13.7. The van der Waals surface area contributed by atoms with Gasteiger partial charge in [-0.1, -0.05) is 23.4 Å².